The fourth-order valence-electron chi connectivity index (χ4n) is 4.28. The molecule has 2 aromatic heterocycles. The predicted octanol–water partition coefficient (Wildman–Crippen LogP) is 4.58. The third-order valence-electron chi connectivity index (χ3n) is 6.03. The second kappa shape index (κ2) is 8.22. The zero-order valence-corrected chi connectivity index (χ0v) is 17.4. The van der Waals surface area contributed by atoms with Crippen LogP contribution in [0.3, 0.4) is 0 Å². The number of pyridine rings is 1. The molecule has 0 aliphatic carbocycles. The molecule has 1 fully saturated rings. The van der Waals surface area contributed by atoms with Gasteiger partial charge in [0.25, 0.3) is 5.91 Å². The Balaban J connectivity index is 1.46. The molecular formula is C25H24N4O2. The number of hydrogen-bond donors (Lipinski definition) is 0. The van der Waals surface area contributed by atoms with Crippen molar-refractivity contribution in [2.45, 2.75) is 18.9 Å². The maximum Gasteiger partial charge on any atom is 0.254 e. The fourth-order valence-corrected chi connectivity index (χ4v) is 4.28. The van der Waals surface area contributed by atoms with E-state index in [2.05, 4.69) is 9.55 Å². The first-order valence-corrected chi connectivity index (χ1v) is 10.5. The maximum absolute atomic E-state index is 13.5. The van der Waals surface area contributed by atoms with E-state index in [0.717, 1.165) is 53.8 Å². The minimum Gasteiger partial charge on any atom is -0.497 e. The van der Waals surface area contributed by atoms with Crippen LogP contribution in [0.15, 0.2) is 73.3 Å². The molecule has 6 nitrogen and oxygen atoms in total. The van der Waals surface area contributed by atoms with Crippen LogP contribution in [0.4, 0.5) is 0 Å². The van der Waals surface area contributed by atoms with Crippen LogP contribution in [-0.4, -0.2) is 45.5 Å². The number of carbonyl (C=O) groups is 1. The van der Waals surface area contributed by atoms with Gasteiger partial charge in [0.2, 0.25) is 0 Å². The number of nitrogens with zero attached hydrogens (tertiary/aromatic N) is 4. The molecule has 5 rings (SSSR count). The van der Waals surface area contributed by atoms with Crippen molar-refractivity contribution in [2.75, 3.05) is 20.2 Å². The summed E-state index contributed by atoms with van der Waals surface area (Å²) in [6.07, 6.45) is 7.52. The van der Waals surface area contributed by atoms with E-state index in [0.29, 0.717) is 11.6 Å². The van der Waals surface area contributed by atoms with Crippen molar-refractivity contribution in [2.24, 2.45) is 0 Å². The second-order valence-electron chi connectivity index (χ2n) is 7.83. The van der Waals surface area contributed by atoms with Crippen LogP contribution in [0.1, 0.15) is 29.2 Å². The summed E-state index contributed by atoms with van der Waals surface area (Å²) in [5.74, 6) is 0.860. The predicted molar refractivity (Wildman–Crippen MR) is 120 cm³/mol. The van der Waals surface area contributed by atoms with Crippen LogP contribution < -0.4 is 4.74 Å². The van der Waals surface area contributed by atoms with Crippen molar-refractivity contribution < 1.29 is 9.53 Å². The Morgan fingerprint density at radius 2 is 1.84 bits per heavy atom. The van der Waals surface area contributed by atoms with Crippen LogP contribution in [0.5, 0.6) is 5.75 Å². The quantitative estimate of drug-likeness (QED) is 0.492. The molecule has 2 aromatic carbocycles. The van der Waals surface area contributed by atoms with Gasteiger partial charge >= 0.3 is 0 Å². The zero-order chi connectivity index (χ0) is 21.2. The van der Waals surface area contributed by atoms with Crippen LogP contribution in [-0.2, 0) is 0 Å². The number of amides is 1. The van der Waals surface area contributed by atoms with Crippen LogP contribution in [0.25, 0.3) is 22.2 Å². The van der Waals surface area contributed by atoms with Crippen LogP contribution in [0.2, 0.25) is 0 Å². The first-order valence-electron chi connectivity index (χ1n) is 10.5. The Morgan fingerprint density at radius 3 is 2.55 bits per heavy atom. The number of carbonyl (C=O) groups excluding carboxylic acids is 1. The monoisotopic (exact) mass is 412 g/mol. The lowest BCUT2D eigenvalue weighted by atomic mass is 10.0. The first kappa shape index (κ1) is 19.3. The molecule has 0 bridgehead atoms. The van der Waals surface area contributed by atoms with E-state index in [4.69, 9.17) is 9.72 Å². The van der Waals surface area contributed by atoms with Crippen molar-refractivity contribution in [1.82, 2.24) is 19.4 Å². The minimum atomic E-state index is 0.0671. The number of ether oxygens (including phenoxy) is 1. The number of benzene rings is 2. The molecule has 3 heterocycles. The highest BCUT2D eigenvalue weighted by molar-refractivity contribution is 6.07. The SMILES string of the molecule is COc1ccc(-c2cc(C(=O)N3CCC(n4ccnc4)CC3)c3ccccc3n2)cc1. The number of aromatic nitrogens is 3. The summed E-state index contributed by atoms with van der Waals surface area (Å²) >= 11 is 0. The van der Waals surface area contributed by atoms with Crippen LogP contribution >= 0.6 is 0 Å². The van der Waals surface area contributed by atoms with Crippen molar-refractivity contribution in [3.8, 4) is 17.0 Å². The van der Waals surface area contributed by atoms with Gasteiger partial charge in [0.15, 0.2) is 0 Å². The molecule has 1 saturated heterocycles. The molecule has 0 spiro atoms. The standard InChI is InChI=1S/C25H24N4O2/c1-31-20-8-6-18(7-9-20)24-16-22(21-4-2-3-5-23(21)27-24)25(30)28-13-10-19(11-14-28)29-15-12-26-17-29/h2-9,12,15-17,19H,10-11,13-14H2,1H3. The summed E-state index contributed by atoms with van der Waals surface area (Å²) in [7, 11) is 1.65. The van der Waals surface area contributed by atoms with Gasteiger partial charge in [-0.05, 0) is 49.2 Å². The van der Waals surface area contributed by atoms with Crippen molar-refractivity contribution in [1.29, 1.82) is 0 Å². The molecule has 0 N–H and O–H groups in total. The summed E-state index contributed by atoms with van der Waals surface area (Å²) < 4.78 is 7.41. The van der Waals surface area contributed by atoms with E-state index in [1.165, 1.54) is 0 Å². The van der Waals surface area contributed by atoms with Gasteiger partial charge in [0, 0.05) is 42.5 Å². The molecule has 1 amide bonds. The third-order valence-corrected chi connectivity index (χ3v) is 6.03. The van der Waals surface area contributed by atoms with E-state index in [-0.39, 0.29) is 5.91 Å². The van der Waals surface area contributed by atoms with E-state index in [1.807, 2.05) is 72.0 Å². The number of fused-ring (bicyclic) bond motifs is 1. The molecule has 6 heteroatoms. The normalized spacial score (nSPS) is 14.7. The lowest BCUT2D eigenvalue weighted by Crippen LogP contribution is -2.39. The lowest BCUT2D eigenvalue weighted by molar-refractivity contribution is 0.0696. The number of hydrogen-bond acceptors (Lipinski definition) is 4. The lowest BCUT2D eigenvalue weighted by Gasteiger charge is -2.33. The molecule has 4 aromatic rings. The molecule has 0 unspecified atom stereocenters. The minimum absolute atomic E-state index is 0.0671. The zero-order valence-electron chi connectivity index (χ0n) is 17.4. The molecule has 1 aliphatic heterocycles. The van der Waals surface area contributed by atoms with Crippen molar-refractivity contribution in [3.05, 3.63) is 78.9 Å². The summed E-state index contributed by atoms with van der Waals surface area (Å²) in [4.78, 5) is 24.5. The van der Waals surface area contributed by atoms with Gasteiger partial charge in [-0.25, -0.2) is 9.97 Å². The van der Waals surface area contributed by atoms with Gasteiger partial charge < -0.3 is 14.2 Å². The first-order chi connectivity index (χ1) is 15.2. The summed E-state index contributed by atoms with van der Waals surface area (Å²) in [6.45, 7) is 1.46. The van der Waals surface area contributed by atoms with Crippen molar-refractivity contribution >= 4 is 16.8 Å². The average Bonchev–Trinajstić information content (AvgIpc) is 3.38. The van der Waals surface area contributed by atoms with Gasteiger partial charge in [0.1, 0.15) is 5.75 Å². The molecule has 1 aliphatic rings. The van der Waals surface area contributed by atoms with Gasteiger partial charge in [-0.3, -0.25) is 4.79 Å². The summed E-state index contributed by atoms with van der Waals surface area (Å²) in [5.41, 5.74) is 3.28. The fraction of sp³-hybridized carbons (Fsp3) is 0.240. The molecule has 156 valence electrons. The Labute approximate surface area is 181 Å². The second-order valence-corrected chi connectivity index (χ2v) is 7.83. The Morgan fingerprint density at radius 1 is 1.06 bits per heavy atom. The average molecular weight is 412 g/mol. The molecule has 0 saturated carbocycles. The van der Waals surface area contributed by atoms with Gasteiger partial charge in [0.05, 0.1) is 30.2 Å². The highest BCUT2D eigenvalue weighted by Gasteiger charge is 2.26. The van der Waals surface area contributed by atoms with E-state index in [1.54, 1.807) is 13.3 Å². The molecular weight excluding hydrogens is 388 g/mol. The topological polar surface area (TPSA) is 60.2 Å². The van der Waals surface area contributed by atoms with E-state index >= 15 is 0 Å². The maximum atomic E-state index is 13.5. The number of methoxy groups -OCH3 is 1. The number of likely N-dealkylation sites (tertiary alicyclic amines) is 1. The molecule has 0 radical (unpaired) electrons. The molecule has 0 atom stereocenters. The van der Waals surface area contributed by atoms with Gasteiger partial charge in [-0.1, -0.05) is 18.2 Å². The largest absolute Gasteiger partial charge is 0.497 e. The van der Waals surface area contributed by atoms with Gasteiger partial charge in [-0.15, -0.1) is 0 Å². The molecule has 31 heavy (non-hydrogen) atoms. The van der Waals surface area contributed by atoms with Crippen LogP contribution in [0, 0.1) is 0 Å². The Bertz CT molecular complexity index is 1190. The van der Waals surface area contributed by atoms with Crippen molar-refractivity contribution in [3.63, 3.8) is 0 Å². The highest BCUT2D eigenvalue weighted by Crippen LogP contribution is 2.29. The number of rotatable bonds is 4. The third kappa shape index (κ3) is 3.77. The van der Waals surface area contributed by atoms with E-state index in [9.17, 15) is 4.79 Å². The number of piperidine rings is 1. The Kier molecular flexibility index (Phi) is 5.12. The van der Waals surface area contributed by atoms with Gasteiger partial charge in [-0.2, -0.15) is 0 Å². The number of para-hydroxylation sites is 1. The summed E-state index contributed by atoms with van der Waals surface area (Å²) in [5, 5.41) is 0.890. The van der Waals surface area contributed by atoms with E-state index < -0.39 is 0 Å². The highest BCUT2D eigenvalue weighted by atomic mass is 16.5. The summed E-state index contributed by atoms with van der Waals surface area (Å²) in [6, 6.07) is 17.9. The number of imidazole rings is 1. The Hall–Kier alpha value is -3.67. The smallest absolute Gasteiger partial charge is 0.254 e.